The van der Waals surface area contributed by atoms with Gasteiger partial charge in [-0.15, -0.1) is 0 Å². The van der Waals surface area contributed by atoms with Crippen molar-refractivity contribution < 1.29 is 4.79 Å². The highest BCUT2D eigenvalue weighted by molar-refractivity contribution is 5.81. The maximum atomic E-state index is 12.6. The first-order valence-electron chi connectivity index (χ1n) is 10.3. The van der Waals surface area contributed by atoms with Crippen molar-refractivity contribution >= 4 is 5.91 Å². The largest absolute Gasteiger partial charge is 0.344 e. The lowest BCUT2D eigenvalue weighted by Crippen LogP contribution is -2.49. The SMILES string of the molecule is CN1CCCCC(N2CCC(Cn3nc(C(C)(C)C)ccc3=O)CC2)C1=O. The van der Waals surface area contributed by atoms with Gasteiger partial charge in [-0.25, -0.2) is 4.68 Å². The number of amides is 1. The Morgan fingerprint density at radius 2 is 1.74 bits per heavy atom. The molecule has 1 aromatic rings. The molecule has 0 radical (unpaired) electrons. The number of nitrogens with zero attached hydrogens (tertiary/aromatic N) is 4. The lowest BCUT2D eigenvalue weighted by Gasteiger charge is -2.37. The van der Waals surface area contributed by atoms with Crippen LogP contribution in [0.25, 0.3) is 0 Å². The smallest absolute Gasteiger partial charge is 0.266 e. The summed E-state index contributed by atoms with van der Waals surface area (Å²) in [6.45, 7) is 9.76. The first-order valence-corrected chi connectivity index (χ1v) is 10.3. The van der Waals surface area contributed by atoms with E-state index in [1.54, 1.807) is 10.7 Å². The first-order chi connectivity index (χ1) is 12.8. The number of likely N-dealkylation sites (N-methyl/N-ethyl adjacent to an activating group) is 1. The Balaban J connectivity index is 1.61. The zero-order valence-corrected chi connectivity index (χ0v) is 17.3. The molecule has 1 unspecified atom stereocenters. The minimum Gasteiger partial charge on any atom is -0.344 e. The maximum absolute atomic E-state index is 12.6. The second kappa shape index (κ2) is 8.13. The predicted molar refractivity (Wildman–Crippen MR) is 107 cm³/mol. The van der Waals surface area contributed by atoms with E-state index in [2.05, 4.69) is 30.8 Å². The van der Waals surface area contributed by atoms with E-state index in [0.29, 0.717) is 12.5 Å². The van der Waals surface area contributed by atoms with E-state index in [0.717, 1.165) is 57.4 Å². The molecule has 2 aliphatic heterocycles. The summed E-state index contributed by atoms with van der Waals surface area (Å²) in [7, 11) is 1.92. The lowest BCUT2D eigenvalue weighted by molar-refractivity contribution is -0.135. The Hall–Kier alpha value is -1.69. The normalized spacial score (nSPS) is 23.5. The van der Waals surface area contributed by atoms with Gasteiger partial charge in [0.25, 0.3) is 5.56 Å². The van der Waals surface area contributed by atoms with Crippen molar-refractivity contribution in [3.8, 4) is 0 Å². The van der Waals surface area contributed by atoms with Gasteiger partial charge in [0, 0.05) is 31.6 Å². The molecule has 1 atom stereocenters. The Labute approximate surface area is 162 Å². The zero-order chi connectivity index (χ0) is 19.6. The van der Waals surface area contributed by atoms with Gasteiger partial charge in [0.2, 0.25) is 5.91 Å². The molecular weight excluding hydrogens is 340 g/mol. The fourth-order valence-electron chi connectivity index (χ4n) is 4.18. The van der Waals surface area contributed by atoms with Crippen molar-refractivity contribution in [3.63, 3.8) is 0 Å². The van der Waals surface area contributed by atoms with Gasteiger partial charge in [-0.1, -0.05) is 20.8 Å². The Morgan fingerprint density at radius 3 is 2.41 bits per heavy atom. The minimum absolute atomic E-state index is 0.0222. The molecule has 27 heavy (non-hydrogen) atoms. The molecule has 0 aromatic carbocycles. The number of aromatic nitrogens is 2. The fraction of sp³-hybridized carbons (Fsp3) is 0.762. The lowest BCUT2D eigenvalue weighted by atomic mass is 9.92. The van der Waals surface area contributed by atoms with E-state index in [9.17, 15) is 9.59 Å². The predicted octanol–water partition coefficient (Wildman–Crippen LogP) is 2.26. The molecule has 1 amide bonds. The molecule has 3 heterocycles. The summed E-state index contributed by atoms with van der Waals surface area (Å²) in [5.41, 5.74) is 0.864. The summed E-state index contributed by atoms with van der Waals surface area (Å²) in [4.78, 5) is 29.1. The van der Waals surface area contributed by atoms with Gasteiger partial charge in [0.05, 0.1) is 11.7 Å². The molecule has 3 rings (SSSR count). The van der Waals surface area contributed by atoms with Crippen LogP contribution in [-0.4, -0.2) is 58.2 Å². The highest BCUT2D eigenvalue weighted by atomic mass is 16.2. The third-order valence-corrected chi connectivity index (χ3v) is 6.04. The quantitative estimate of drug-likeness (QED) is 0.814. The minimum atomic E-state index is -0.0648. The van der Waals surface area contributed by atoms with E-state index in [-0.39, 0.29) is 22.9 Å². The van der Waals surface area contributed by atoms with Crippen molar-refractivity contribution in [2.75, 3.05) is 26.7 Å². The number of hydrogen-bond donors (Lipinski definition) is 0. The van der Waals surface area contributed by atoms with E-state index in [4.69, 9.17) is 0 Å². The molecule has 1 aromatic heterocycles. The number of rotatable bonds is 3. The van der Waals surface area contributed by atoms with Crippen LogP contribution in [0.15, 0.2) is 16.9 Å². The van der Waals surface area contributed by atoms with Gasteiger partial charge >= 0.3 is 0 Å². The molecule has 0 N–H and O–H groups in total. The van der Waals surface area contributed by atoms with Crippen molar-refractivity contribution in [2.45, 2.75) is 70.9 Å². The average molecular weight is 375 g/mol. The van der Waals surface area contributed by atoms with Crippen molar-refractivity contribution in [1.82, 2.24) is 19.6 Å². The van der Waals surface area contributed by atoms with Crippen LogP contribution in [0.2, 0.25) is 0 Å². The van der Waals surface area contributed by atoms with Crippen molar-refractivity contribution in [2.24, 2.45) is 5.92 Å². The highest BCUT2D eigenvalue weighted by Gasteiger charge is 2.32. The van der Waals surface area contributed by atoms with Crippen LogP contribution in [0.4, 0.5) is 0 Å². The van der Waals surface area contributed by atoms with Crippen LogP contribution < -0.4 is 5.56 Å². The Morgan fingerprint density at radius 1 is 1.04 bits per heavy atom. The molecule has 6 heteroatoms. The molecular formula is C21H34N4O2. The maximum Gasteiger partial charge on any atom is 0.266 e. The van der Waals surface area contributed by atoms with Crippen molar-refractivity contribution in [3.05, 3.63) is 28.2 Å². The van der Waals surface area contributed by atoms with Gasteiger partial charge in [-0.2, -0.15) is 5.10 Å². The summed E-state index contributed by atoms with van der Waals surface area (Å²) in [5, 5.41) is 4.61. The summed E-state index contributed by atoms with van der Waals surface area (Å²) in [5.74, 6) is 0.724. The summed E-state index contributed by atoms with van der Waals surface area (Å²) in [6, 6.07) is 3.53. The van der Waals surface area contributed by atoms with Crippen LogP contribution in [0, 0.1) is 5.92 Å². The van der Waals surface area contributed by atoms with Crippen LogP contribution in [0.1, 0.15) is 58.6 Å². The van der Waals surface area contributed by atoms with Crippen LogP contribution >= 0.6 is 0 Å². The van der Waals surface area contributed by atoms with Crippen molar-refractivity contribution in [1.29, 1.82) is 0 Å². The number of carbonyl (C=O) groups is 1. The molecule has 6 nitrogen and oxygen atoms in total. The third-order valence-electron chi connectivity index (χ3n) is 6.04. The summed E-state index contributed by atoms with van der Waals surface area (Å²) >= 11 is 0. The highest BCUT2D eigenvalue weighted by Crippen LogP contribution is 2.25. The second-order valence-electron chi connectivity index (χ2n) is 9.24. The molecule has 2 fully saturated rings. The Bertz CT molecular complexity index is 714. The topological polar surface area (TPSA) is 58.4 Å². The number of likely N-dealkylation sites (tertiary alicyclic amines) is 2. The standard InChI is InChI=1S/C21H34N4O2/c1-21(2,3)18-8-9-19(26)25(22-18)15-16-10-13-24(14-11-16)17-7-5-6-12-23(4)20(17)27/h8-9,16-17H,5-7,10-15H2,1-4H3. The zero-order valence-electron chi connectivity index (χ0n) is 17.3. The number of piperidine rings is 1. The van der Waals surface area contributed by atoms with Gasteiger partial charge in [0.1, 0.15) is 0 Å². The molecule has 2 aliphatic rings. The third kappa shape index (κ3) is 4.78. The van der Waals surface area contributed by atoms with E-state index >= 15 is 0 Å². The molecule has 0 bridgehead atoms. The molecule has 0 spiro atoms. The second-order valence-corrected chi connectivity index (χ2v) is 9.24. The molecule has 150 valence electrons. The number of hydrogen-bond acceptors (Lipinski definition) is 4. The monoisotopic (exact) mass is 374 g/mol. The van der Waals surface area contributed by atoms with E-state index < -0.39 is 0 Å². The van der Waals surface area contributed by atoms with E-state index in [1.165, 1.54) is 0 Å². The van der Waals surface area contributed by atoms with E-state index in [1.807, 2.05) is 18.0 Å². The fourth-order valence-corrected chi connectivity index (χ4v) is 4.18. The average Bonchev–Trinajstić information content (AvgIpc) is 2.78. The van der Waals surface area contributed by atoms with Crippen LogP contribution in [0.3, 0.4) is 0 Å². The van der Waals surface area contributed by atoms with Gasteiger partial charge in [-0.3, -0.25) is 14.5 Å². The molecule has 0 saturated carbocycles. The Kier molecular flexibility index (Phi) is 6.04. The summed E-state index contributed by atoms with van der Waals surface area (Å²) in [6.07, 6.45) is 5.23. The van der Waals surface area contributed by atoms with Crippen LogP contribution in [-0.2, 0) is 16.8 Å². The van der Waals surface area contributed by atoms with Gasteiger partial charge in [0.15, 0.2) is 0 Å². The van der Waals surface area contributed by atoms with Gasteiger partial charge in [-0.05, 0) is 57.2 Å². The first kappa shape index (κ1) is 20.1. The molecule has 0 aliphatic carbocycles. The number of carbonyl (C=O) groups excluding carboxylic acids is 1. The molecule has 2 saturated heterocycles. The van der Waals surface area contributed by atoms with Crippen LogP contribution in [0.5, 0.6) is 0 Å². The summed E-state index contributed by atoms with van der Waals surface area (Å²) < 4.78 is 1.64. The van der Waals surface area contributed by atoms with Gasteiger partial charge < -0.3 is 4.90 Å².